The molecule has 0 heterocycles. The molecule has 29 heavy (non-hydrogen) atoms. The molecule has 7 nitrogen and oxygen atoms in total. The monoisotopic (exact) mass is 411 g/mol. The number of hydrogen-bond acceptors (Lipinski definition) is 5. The van der Waals surface area contributed by atoms with Gasteiger partial charge in [0.15, 0.2) is 0 Å². The number of amides is 1. The minimum atomic E-state index is -4.38. The van der Waals surface area contributed by atoms with E-state index in [9.17, 15) is 28.1 Å². The Labute approximate surface area is 165 Å². The van der Waals surface area contributed by atoms with E-state index in [1.165, 1.54) is 37.4 Å². The first kappa shape index (κ1) is 22.2. The van der Waals surface area contributed by atoms with Gasteiger partial charge in [0.05, 0.1) is 23.3 Å². The van der Waals surface area contributed by atoms with Crippen molar-refractivity contribution >= 4 is 17.3 Å². The van der Waals surface area contributed by atoms with Crippen molar-refractivity contribution in [3.8, 4) is 5.75 Å². The molecule has 0 radical (unpaired) electrons. The number of nitrogens with one attached hydrogen (secondary N) is 1. The van der Waals surface area contributed by atoms with E-state index < -0.39 is 16.7 Å². The summed E-state index contributed by atoms with van der Waals surface area (Å²) in [5.41, 5.74) is -0.0203. The number of anilines is 1. The number of hydrogen-bond donors (Lipinski definition) is 1. The highest BCUT2D eigenvalue weighted by atomic mass is 19.4. The molecule has 0 aliphatic heterocycles. The van der Waals surface area contributed by atoms with E-state index in [0.29, 0.717) is 24.4 Å². The van der Waals surface area contributed by atoms with Crippen LogP contribution in [0.1, 0.15) is 17.5 Å². The number of carbonyl (C=O) groups excluding carboxylic acids is 1. The standard InChI is InChI=1S/C19H20F3N3O4/c1-24(12-13-3-5-14(6-4-13)19(20,21)22)10-9-18(26)23-16-11-15(25(27)28)7-8-17(16)29-2/h3-8,11H,9-10,12H2,1-2H3,(H,23,26). The quantitative estimate of drug-likeness (QED) is 0.523. The Balaban J connectivity index is 1.90. The predicted molar refractivity (Wildman–Crippen MR) is 101 cm³/mol. The van der Waals surface area contributed by atoms with Crippen molar-refractivity contribution in [1.29, 1.82) is 0 Å². The van der Waals surface area contributed by atoms with Gasteiger partial charge in [0, 0.05) is 31.6 Å². The first-order chi connectivity index (χ1) is 13.6. The molecule has 0 saturated heterocycles. The van der Waals surface area contributed by atoms with Crippen LogP contribution in [-0.2, 0) is 17.5 Å². The molecule has 156 valence electrons. The molecule has 0 atom stereocenters. The topological polar surface area (TPSA) is 84.7 Å². The molecule has 2 aromatic carbocycles. The molecule has 0 aliphatic carbocycles. The molecule has 0 spiro atoms. The fourth-order valence-electron chi connectivity index (χ4n) is 2.60. The number of ether oxygens (including phenoxy) is 1. The number of benzene rings is 2. The molecule has 0 saturated carbocycles. The zero-order valence-corrected chi connectivity index (χ0v) is 15.8. The molecule has 0 aromatic heterocycles. The Hall–Kier alpha value is -3.14. The minimum Gasteiger partial charge on any atom is -0.495 e. The summed E-state index contributed by atoms with van der Waals surface area (Å²) in [5, 5.41) is 13.5. The number of methoxy groups -OCH3 is 1. The van der Waals surface area contributed by atoms with Crippen LogP contribution in [0.25, 0.3) is 0 Å². The maximum absolute atomic E-state index is 12.6. The van der Waals surface area contributed by atoms with Crippen molar-refractivity contribution in [1.82, 2.24) is 4.90 Å². The zero-order chi connectivity index (χ0) is 21.6. The van der Waals surface area contributed by atoms with Crippen LogP contribution in [0.2, 0.25) is 0 Å². The normalized spacial score (nSPS) is 11.4. The van der Waals surface area contributed by atoms with Crippen LogP contribution in [0.3, 0.4) is 0 Å². The SMILES string of the molecule is COc1ccc([N+](=O)[O-])cc1NC(=O)CCN(C)Cc1ccc(C(F)(F)F)cc1. The van der Waals surface area contributed by atoms with Crippen molar-refractivity contribution in [2.24, 2.45) is 0 Å². The van der Waals surface area contributed by atoms with E-state index >= 15 is 0 Å². The lowest BCUT2D eigenvalue weighted by Crippen LogP contribution is -2.24. The van der Waals surface area contributed by atoms with Crippen LogP contribution in [0, 0.1) is 10.1 Å². The van der Waals surface area contributed by atoms with Gasteiger partial charge in [-0.1, -0.05) is 12.1 Å². The second-order valence-electron chi connectivity index (χ2n) is 6.37. The third-order valence-corrected chi connectivity index (χ3v) is 4.12. The average Bonchev–Trinajstić information content (AvgIpc) is 2.66. The fourth-order valence-corrected chi connectivity index (χ4v) is 2.60. The van der Waals surface area contributed by atoms with Gasteiger partial charge in [0.2, 0.25) is 5.91 Å². The predicted octanol–water partition coefficient (Wildman–Crippen LogP) is 4.08. The smallest absolute Gasteiger partial charge is 0.416 e. The van der Waals surface area contributed by atoms with Gasteiger partial charge >= 0.3 is 6.18 Å². The summed E-state index contributed by atoms with van der Waals surface area (Å²) < 4.78 is 42.9. The van der Waals surface area contributed by atoms with E-state index in [1.807, 2.05) is 0 Å². The van der Waals surface area contributed by atoms with E-state index in [-0.39, 0.29) is 23.7 Å². The lowest BCUT2D eigenvalue weighted by Gasteiger charge is -2.17. The van der Waals surface area contributed by atoms with Crippen molar-refractivity contribution in [3.05, 3.63) is 63.7 Å². The molecular weight excluding hydrogens is 391 g/mol. The van der Waals surface area contributed by atoms with Crippen LogP contribution >= 0.6 is 0 Å². The van der Waals surface area contributed by atoms with E-state index in [1.54, 1.807) is 11.9 Å². The van der Waals surface area contributed by atoms with E-state index in [0.717, 1.165) is 12.1 Å². The summed E-state index contributed by atoms with van der Waals surface area (Å²) in [6.07, 6.45) is -4.29. The number of halogens is 3. The Bertz CT molecular complexity index is 870. The number of non-ortho nitro benzene ring substituents is 1. The molecule has 2 aromatic rings. The number of nitro benzene ring substituents is 1. The molecule has 10 heteroatoms. The molecule has 0 fully saturated rings. The van der Waals surface area contributed by atoms with Crippen LogP contribution in [0.15, 0.2) is 42.5 Å². The fraction of sp³-hybridized carbons (Fsp3) is 0.316. The van der Waals surface area contributed by atoms with Gasteiger partial charge in [-0.2, -0.15) is 13.2 Å². The van der Waals surface area contributed by atoms with Gasteiger partial charge in [-0.05, 0) is 30.8 Å². The van der Waals surface area contributed by atoms with E-state index in [2.05, 4.69) is 5.32 Å². The first-order valence-electron chi connectivity index (χ1n) is 8.57. The Kier molecular flexibility index (Phi) is 7.16. The summed E-state index contributed by atoms with van der Waals surface area (Å²) >= 11 is 0. The van der Waals surface area contributed by atoms with Crippen LogP contribution in [0.4, 0.5) is 24.5 Å². The highest BCUT2D eigenvalue weighted by molar-refractivity contribution is 5.92. The first-order valence-corrected chi connectivity index (χ1v) is 8.57. The summed E-state index contributed by atoms with van der Waals surface area (Å²) in [7, 11) is 3.12. The molecule has 0 unspecified atom stereocenters. The van der Waals surface area contributed by atoms with Gasteiger partial charge in [-0.25, -0.2) is 0 Å². The van der Waals surface area contributed by atoms with Crippen molar-refractivity contribution in [3.63, 3.8) is 0 Å². The van der Waals surface area contributed by atoms with Gasteiger partial charge in [0.25, 0.3) is 5.69 Å². The second kappa shape index (κ2) is 9.37. The van der Waals surface area contributed by atoms with Gasteiger partial charge in [-0.3, -0.25) is 14.9 Å². The summed E-state index contributed by atoms with van der Waals surface area (Å²) in [6, 6.07) is 8.70. The third-order valence-electron chi connectivity index (χ3n) is 4.12. The minimum absolute atomic E-state index is 0.0863. The second-order valence-corrected chi connectivity index (χ2v) is 6.37. The van der Waals surface area contributed by atoms with E-state index in [4.69, 9.17) is 4.74 Å². The maximum atomic E-state index is 12.6. The van der Waals surface area contributed by atoms with Crippen molar-refractivity contribution in [2.45, 2.75) is 19.1 Å². The Morgan fingerprint density at radius 2 is 1.86 bits per heavy atom. The number of carbonyl (C=O) groups is 1. The van der Waals surface area contributed by atoms with Crippen LogP contribution in [0.5, 0.6) is 5.75 Å². The molecule has 1 N–H and O–H groups in total. The van der Waals surface area contributed by atoms with Crippen molar-refractivity contribution in [2.75, 3.05) is 26.0 Å². The number of alkyl halides is 3. The number of rotatable bonds is 8. The molecule has 0 aliphatic rings. The highest BCUT2D eigenvalue weighted by Gasteiger charge is 2.29. The molecule has 0 bridgehead atoms. The highest BCUT2D eigenvalue weighted by Crippen LogP contribution is 2.30. The van der Waals surface area contributed by atoms with Gasteiger partial charge < -0.3 is 15.0 Å². The molecule has 2 rings (SSSR count). The average molecular weight is 411 g/mol. The van der Waals surface area contributed by atoms with Gasteiger partial charge in [-0.15, -0.1) is 0 Å². The number of nitrogens with zero attached hydrogens (tertiary/aromatic N) is 2. The van der Waals surface area contributed by atoms with Crippen molar-refractivity contribution < 1.29 is 27.6 Å². The Morgan fingerprint density at radius 1 is 1.21 bits per heavy atom. The van der Waals surface area contributed by atoms with Crippen LogP contribution in [-0.4, -0.2) is 36.4 Å². The summed E-state index contributed by atoms with van der Waals surface area (Å²) in [5.74, 6) is -0.0786. The zero-order valence-electron chi connectivity index (χ0n) is 15.8. The lowest BCUT2D eigenvalue weighted by atomic mass is 10.1. The summed E-state index contributed by atoms with van der Waals surface area (Å²) in [6.45, 7) is 0.704. The molecular formula is C19H20F3N3O4. The lowest BCUT2D eigenvalue weighted by molar-refractivity contribution is -0.384. The van der Waals surface area contributed by atoms with Crippen LogP contribution < -0.4 is 10.1 Å². The largest absolute Gasteiger partial charge is 0.495 e. The maximum Gasteiger partial charge on any atom is 0.416 e. The third kappa shape index (κ3) is 6.46. The molecule has 1 amide bonds. The Morgan fingerprint density at radius 3 is 2.41 bits per heavy atom. The number of nitro groups is 1. The van der Waals surface area contributed by atoms with Gasteiger partial charge in [0.1, 0.15) is 5.75 Å². The summed E-state index contributed by atoms with van der Waals surface area (Å²) in [4.78, 5) is 24.3.